The number of anilines is 1. The number of nitrogens with zero attached hydrogens (tertiary/aromatic N) is 3. The SMILES string of the molecule is CSc1nnc(Sc2c(N)cnc3ccccc23)s1. The quantitative estimate of drug-likeness (QED) is 0.747. The van der Waals surface area contributed by atoms with Crippen molar-refractivity contribution in [3.8, 4) is 0 Å². The van der Waals surface area contributed by atoms with Gasteiger partial charge >= 0.3 is 0 Å². The molecule has 0 aliphatic rings. The lowest BCUT2D eigenvalue weighted by Gasteiger charge is -2.06. The third-order valence-corrected chi connectivity index (χ3v) is 5.61. The zero-order valence-electron chi connectivity index (χ0n) is 10.0. The van der Waals surface area contributed by atoms with Gasteiger partial charge in [-0.2, -0.15) is 0 Å². The molecule has 0 saturated heterocycles. The predicted octanol–water partition coefficient (Wildman–Crippen LogP) is 3.54. The number of benzene rings is 1. The van der Waals surface area contributed by atoms with Gasteiger partial charge in [-0.3, -0.25) is 4.98 Å². The highest BCUT2D eigenvalue weighted by atomic mass is 32.2. The molecular weight excluding hydrogens is 296 g/mol. The highest BCUT2D eigenvalue weighted by Crippen LogP contribution is 2.39. The highest BCUT2D eigenvalue weighted by molar-refractivity contribution is 8.03. The second-order valence-corrected chi connectivity index (χ2v) is 6.99. The molecule has 0 amide bonds. The molecule has 96 valence electrons. The van der Waals surface area contributed by atoms with Crippen LogP contribution in [0.2, 0.25) is 0 Å². The fourth-order valence-electron chi connectivity index (χ4n) is 1.65. The first-order valence-electron chi connectivity index (χ1n) is 5.46. The number of nitrogens with two attached hydrogens (primary N) is 1. The summed E-state index contributed by atoms with van der Waals surface area (Å²) in [5.74, 6) is 0. The van der Waals surface area contributed by atoms with Crippen LogP contribution in [-0.2, 0) is 0 Å². The van der Waals surface area contributed by atoms with E-state index in [1.807, 2.05) is 30.5 Å². The monoisotopic (exact) mass is 306 g/mol. The lowest BCUT2D eigenvalue weighted by Crippen LogP contribution is -1.92. The number of pyridine rings is 1. The Kier molecular flexibility index (Phi) is 3.58. The van der Waals surface area contributed by atoms with Crippen LogP contribution in [0.5, 0.6) is 0 Å². The Morgan fingerprint density at radius 1 is 1.16 bits per heavy atom. The summed E-state index contributed by atoms with van der Waals surface area (Å²) >= 11 is 4.72. The normalized spacial score (nSPS) is 11.0. The van der Waals surface area contributed by atoms with Crippen molar-refractivity contribution in [1.29, 1.82) is 0 Å². The summed E-state index contributed by atoms with van der Waals surface area (Å²) in [6.45, 7) is 0. The van der Waals surface area contributed by atoms with E-state index in [9.17, 15) is 0 Å². The zero-order valence-corrected chi connectivity index (χ0v) is 12.5. The van der Waals surface area contributed by atoms with Crippen molar-refractivity contribution < 1.29 is 0 Å². The van der Waals surface area contributed by atoms with Crippen molar-refractivity contribution in [3.05, 3.63) is 30.5 Å². The predicted molar refractivity (Wildman–Crippen MR) is 82.0 cm³/mol. The third-order valence-electron chi connectivity index (χ3n) is 2.51. The number of aromatic nitrogens is 3. The van der Waals surface area contributed by atoms with E-state index < -0.39 is 0 Å². The summed E-state index contributed by atoms with van der Waals surface area (Å²) in [4.78, 5) is 5.32. The molecule has 7 heteroatoms. The van der Waals surface area contributed by atoms with Gasteiger partial charge in [0.25, 0.3) is 0 Å². The van der Waals surface area contributed by atoms with Crippen LogP contribution in [-0.4, -0.2) is 21.4 Å². The Hall–Kier alpha value is -1.31. The van der Waals surface area contributed by atoms with Gasteiger partial charge in [0.05, 0.1) is 17.4 Å². The van der Waals surface area contributed by atoms with Gasteiger partial charge in [0.2, 0.25) is 0 Å². The Balaban J connectivity index is 2.06. The average Bonchev–Trinajstić information content (AvgIpc) is 2.90. The number of fused-ring (bicyclic) bond motifs is 1. The Labute approximate surface area is 122 Å². The summed E-state index contributed by atoms with van der Waals surface area (Å²) in [6, 6.07) is 7.96. The molecule has 3 rings (SSSR count). The molecule has 2 heterocycles. The first-order chi connectivity index (χ1) is 9.28. The van der Waals surface area contributed by atoms with Crippen molar-refractivity contribution >= 4 is 51.5 Å². The van der Waals surface area contributed by atoms with E-state index in [4.69, 9.17) is 5.73 Å². The number of rotatable bonds is 3. The average molecular weight is 306 g/mol. The molecule has 0 bridgehead atoms. The van der Waals surface area contributed by atoms with Gasteiger partial charge in [0.15, 0.2) is 8.68 Å². The van der Waals surface area contributed by atoms with Crippen LogP contribution in [0.15, 0.2) is 44.0 Å². The van der Waals surface area contributed by atoms with Gasteiger partial charge in [0, 0.05) is 10.3 Å². The van der Waals surface area contributed by atoms with Crippen LogP contribution in [0.1, 0.15) is 0 Å². The smallest absolute Gasteiger partial charge is 0.179 e. The van der Waals surface area contributed by atoms with Gasteiger partial charge in [-0.05, 0) is 12.3 Å². The van der Waals surface area contributed by atoms with E-state index in [0.717, 1.165) is 24.5 Å². The molecular formula is C12H10N4S3. The zero-order chi connectivity index (χ0) is 13.2. The molecule has 0 atom stereocenters. The van der Waals surface area contributed by atoms with Crippen LogP contribution in [0.25, 0.3) is 10.9 Å². The van der Waals surface area contributed by atoms with Crippen LogP contribution in [0.3, 0.4) is 0 Å². The summed E-state index contributed by atoms with van der Waals surface area (Å²) in [6.07, 6.45) is 3.69. The van der Waals surface area contributed by atoms with Gasteiger partial charge in [-0.1, -0.05) is 53.1 Å². The molecule has 0 fully saturated rings. The molecule has 0 aliphatic heterocycles. The molecule has 19 heavy (non-hydrogen) atoms. The van der Waals surface area contributed by atoms with Crippen LogP contribution >= 0.6 is 34.9 Å². The van der Waals surface area contributed by atoms with E-state index >= 15 is 0 Å². The molecule has 4 nitrogen and oxygen atoms in total. The number of hydrogen-bond acceptors (Lipinski definition) is 7. The molecule has 2 N–H and O–H groups in total. The number of thioether (sulfide) groups is 1. The maximum absolute atomic E-state index is 6.04. The fourth-order valence-corrected chi connectivity index (χ4v) is 4.18. The third kappa shape index (κ3) is 2.54. The first kappa shape index (κ1) is 12.7. The summed E-state index contributed by atoms with van der Waals surface area (Å²) in [5.41, 5.74) is 7.65. The highest BCUT2D eigenvalue weighted by Gasteiger charge is 2.11. The van der Waals surface area contributed by atoms with E-state index in [1.165, 1.54) is 0 Å². The second kappa shape index (κ2) is 5.36. The minimum atomic E-state index is 0.671. The largest absolute Gasteiger partial charge is 0.397 e. The molecule has 0 saturated carbocycles. The standard InChI is InChI=1S/C12H10N4S3/c1-17-11-15-16-12(19-11)18-10-7-4-2-3-5-9(7)14-6-8(10)13/h2-6H,13H2,1H3. The van der Waals surface area contributed by atoms with Crippen molar-refractivity contribution in [3.63, 3.8) is 0 Å². The molecule has 0 aliphatic carbocycles. The van der Waals surface area contributed by atoms with Crippen LogP contribution < -0.4 is 5.73 Å². The van der Waals surface area contributed by atoms with E-state index in [-0.39, 0.29) is 0 Å². The lowest BCUT2D eigenvalue weighted by atomic mass is 10.2. The number of hydrogen-bond donors (Lipinski definition) is 1. The fraction of sp³-hybridized carbons (Fsp3) is 0.0833. The van der Waals surface area contributed by atoms with E-state index in [2.05, 4.69) is 15.2 Å². The number of nitrogen functional groups attached to an aromatic ring is 1. The van der Waals surface area contributed by atoms with E-state index in [0.29, 0.717) is 5.69 Å². The van der Waals surface area contributed by atoms with E-state index in [1.54, 1.807) is 41.1 Å². The summed E-state index contributed by atoms with van der Waals surface area (Å²) < 4.78 is 1.85. The molecule has 0 unspecified atom stereocenters. The van der Waals surface area contributed by atoms with Crippen LogP contribution in [0, 0.1) is 0 Å². The topological polar surface area (TPSA) is 64.7 Å². The van der Waals surface area contributed by atoms with Crippen molar-refractivity contribution in [2.24, 2.45) is 0 Å². The number of para-hydroxylation sites is 1. The van der Waals surface area contributed by atoms with Crippen molar-refractivity contribution in [2.45, 2.75) is 13.6 Å². The maximum Gasteiger partial charge on any atom is 0.179 e. The van der Waals surface area contributed by atoms with Gasteiger partial charge < -0.3 is 5.73 Å². The van der Waals surface area contributed by atoms with Crippen molar-refractivity contribution in [1.82, 2.24) is 15.2 Å². The molecule has 0 radical (unpaired) electrons. The van der Waals surface area contributed by atoms with Crippen LogP contribution in [0.4, 0.5) is 5.69 Å². The maximum atomic E-state index is 6.04. The molecule has 3 aromatic rings. The lowest BCUT2D eigenvalue weighted by molar-refractivity contribution is 0.956. The van der Waals surface area contributed by atoms with Crippen molar-refractivity contribution in [2.75, 3.05) is 12.0 Å². The Bertz CT molecular complexity index is 726. The molecule has 1 aromatic carbocycles. The second-order valence-electron chi connectivity index (χ2n) is 3.70. The first-order valence-corrected chi connectivity index (χ1v) is 8.32. The summed E-state index contributed by atoms with van der Waals surface area (Å²) in [7, 11) is 0. The van der Waals surface area contributed by atoms with Gasteiger partial charge in [0.1, 0.15) is 0 Å². The molecule has 2 aromatic heterocycles. The van der Waals surface area contributed by atoms with Gasteiger partial charge in [-0.15, -0.1) is 10.2 Å². The summed E-state index contributed by atoms with van der Waals surface area (Å²) in [5, 5.41) is 9.31. The minimum absolute atomic E-state index is 0.671. The Morgan fingerprint density at radius 3 is 2.74 bits per heavy atom. The minimum Gasteiger partial charge on any atom is -0.397 e. The van der Waals surface area contributed by atoms with Gasteiger partial charge in [-0.25, -0.2) is 0 Å². The molecule has 0 spiro atoms. The Morgan fingerprint density at radius 2 is 1.95 bits per heavy atom.